The lowest BCUT2D eigenvalue weighted by molar-refractivity contribution is 0.181. The van der Waals surface area contributed by atoms with Crippen molar-refractivity contribution in [1.82, 2.24) is 0 Å². The summed E-state index contributed by atoms with van der Waals surface area (Å²) in [4.78, 5) is 0. The third-order valence-corrected chi connectivity index (χ3v) is 3.47. The van der Waals surface area contributed by atoms with Crippen molar-refractivity contribution >= 4 is 0 Å². The lowest BCUT2D eigenvalue weighted by Crippen LogP contribution is -2.25. The second kappa shape index (κ2) is 3.79. The van der Waals surface area contributed by atoms with E-state index in [1.807, 2.05) is 0 Å². The first-order chi connectivity index (χ1) is 7.48. The van der Waals surface area contributed by atoms with Crippen molar-refractivity contribution in [1.29, 1.82) is 0 Å². The first-order valence-corrected chi connectivity index (χ1v) is 5.75. The van der Waals surface area contributed by atoms with E-state index < -0.39 is 0 Å². The highest BCUT2D eigenvalue weighted by molar-refractivity contribution is 5.36. The molecule has 0 aromatic heterocycles. The summed E-state index contributed by atoms with van der Waals surface area (Å²) in [5.74, 6) is 0. The van der Waals surface area contributed by atoms with Crippen molar-refractivity contribution in [2.24, 2.45) is 5.73 Å². The summed E-state index contributed by atoms with van der Waals surface area (Å²) in [6.45, 7) is 4.94. The van der Waals surface area contributed by atoms with Crippen molar-refractivity contribution in [2.75, 3.05) is 6.61 Å². The molecule has 1 aromatic carbocycles. The summed E-state index contributed by atoms with van der Waals surface area (Å²) in [5, 5.41) is 0. The fraction of sp³-hybridized carbons (Fsp3) is 0.500. The maximum atomic E-state index is 6.21. The van der Waals surface area contributed by atoms with Crippen LogP contribution in [0.15, 0.2) is 24.3 Å². The normalized spacial score (nSPS) is 18.4. The van der Waals surface area contributed by atoms with Crippen LogP contribution in [0, 0.1) is 7.11 Å². The monoisotopic (exact) mass is 218 g/mol. The molecular formula is C14H20NO+. The molecule has 0 heterocycles. The van der Waals surface area contributed by atoms with Gasteiger partial charge in [-0.1, -0.05) is 38.1 Å². The van der Waals surface area contributed by atoms with Gasteiger partial charge >= 0.3 is 0 Å². The third-order valence-electron chi connectivity index (χ3n) is 3.47. The molecule has 1 fully saturated rings. The molecule has 0 bridgehead atoms. The number of nitrogens with two attached hydrogens (primary N) is 1. The van der Waals surface area contributed by atoms with Gasteiger partial charge in [0.25, 0.3) is 0 Å². The highest BCUT2D eigenvalue weighted by Crippen LogP contribution is 2.43. The van der Waals surface area contributed by atoms with Crippen LogP contribution in [-0.4, -0.2) is 6.61 Å². The maximum absolute atomic E-state index is 6.21. The van der Waals surface area contributed by atoms with Crippen LogP contribution in [0.4, 0.5) is 0 Å². The summed E-state index contributed by atoms with van der Waals surface area (Å²) in [6, 6.07) is 8.56. The number of benzene rings is 1. The Hall–Kier alpha value is -0.990. The Bertz CT molecular complexity index is 380. The topological polar surface area (TPSA) is 35.2 Å². The quantitative estimate of drug-likeness (QED) is 0.789. The van der Waals surface area contributed by atoms with E-state index in [4.69, 9.17) is 10.5 Å². The minimum atomic E-state index is -0.0581. The fourth-order valence-corrected chi connectivity index (χ4v) is 2.01. The minimum Gasteiger partial charge on any atom is -0.321 e. The molecule has 0 radical (unpaired) electrons. The van der Waals surface area contributed by atoms with Gasteiger partial charge in [-0.15, -0.1) is 0 Å². The van der Waals surface area contributed by atoms with Gasteiger partial charge < -0.3 is 5.73 Å². The molecule has 1 aromatic rings. The maximum Gasteiger partial charge on any atom is 0.213 e. The predicted molar refractivity (Wildman–Crippen MR) is 65.9 cm³/mol. The molecule has 0 atom stereocenters. The highest BCUT2D eigenvalue weighted by atomic mass is 16.5. The van der Waals surface area contributed by atoms with Crippen molar-refractivity contribution < 1.29 is 4.74 Å². The lowest BCUT2D eigenvalue weighted by atomic mass is 9.84. The second-order valence-electron chi connectivity index (χ2n) is 5.47. The number of hydrogen-bond acceptors (Lipinski definition) is 2. The summed E-state index contributed by atoms with van der Waals surface area (Å²) in [5.41, 5.74) is 8.66. The van der Waals surface area contributed by atoms with Gasteiger partial charge in [-0.3, -0.25) is 0 Å². The third kappa shape index (κ3) is 2.08. The molecular weight excluding hydrogens is 198 g/mol. The Morgan fingerprint density at radius 2 is 2.12 bits per heavy atom. The largest absolute Gasteiger partial charge is 0.321 e. The van der Waals surface area contributed by atoms with Gasteiger partial charge in [-0.25, -0.2) is 0 Å². The summed E-state index contributed by atoms with van der Waals surface area (Å²) < 4.78 is 5.02. The molecule has 0 unspecified atom stereocenters. The molecule has 2 heteroatoms. The van der Waals surface area contributed by atoms with Crippen LogP contribution in [-0.2, 0) is 15.7 Å². The van der Waals surface area contributed by atoms with Crippen LogP contribution in [0.5, 0.6) is 0 Å². The molecule has 16 heavy (non-hydrogen) atoms. The molecule has 0 aliphatic heterocycles. The van der Waals surface area contributed by atoms with Crippen molar-refractivity contribution in [3.8, 4) is 0 Å². The van der Waals surface area contributed by atoms with E-state index in [9.17, 15) is 0 Å². The number of ether oxygens (including phenoxy) is 1. The van der Waals surface area contributed by atoms with Crippen LogP contribution in [0.1, 0.15) is 37.8 Å². The zero-order valence-corrected chi connectivity index (χ0v) is 10.1. The van der Waals surface area contributed by atoms with Crippen LogP contribution < -0.4 is 5.73 Å². The molecule has 2 rings (SSSR count). The standard InChI is InChI=1S/C14H20NO/c1-13(2,10-16-3)11-5-4-6-12(9-11)14(15)7-8-14/h4-6,9H,3,7-8,10,15H2,1-2H3/q+1. The second-order valence-corrected chi connectivity index (χ2v) is 5.47. The Balaban J connectivity index is 2.28. The lowest BCUT2D eigenvalue weighted by Gasteiger charge is -2.23. The molecule has 1 aliphatic rings. The summed E-state index contributed by atoms with van der Waals surface area (Å²) in [6.07, 6.45) is 2.20. The first-order valence-electron chi connectivity index (χ1n) is 5.75. The first kappa shape index (κ1) is 11.5. The van der Waals surface area contributed by atoms with Crippen LogP contribution >= 0.6 is 0 Å². The van der Waals surface area contributed by atoms with Gasteiger partial charge in [0.05, 0.1) is 0 Å². The van der Waals surface area contributed by atoms with Gasteiger partial charge in [-0.05, 0) is 24.0 Å². The molecule has 1 saturated carbocycles. The van der Waals surface area contributed by atoms with E-state index in [-0.39, 0.29) is 11.0 Å². The summed E-state index contributed by atoms with van der Waals surface area (Å²) in [7, 11) is 3.46. The van der Waals surface area contributed by atoms with E-state index in [0.717, 1.165) is 12.8 Å². The predicted octanol–water partition coefficient (Wildman–Crippen LogP) is 2.72. The van der Waals surface area contributed by atoms with Gasteiger partial charge in [-0.2, -0.15) is 4.74 Å². The number of hydrogen-bond donors (Lipinski definition) is 1. The molecule has 0 amide bonds. The summed E-state index contributed by atoms with van der Waals surface area (Å²) >= 11 is 0. The van der Waals surface area contributed by atoms with Crippen LogP contribution in [0.2, 0.25) is 0 Å². The Labute approximate surface area is 97.8 Å². The van der Waals surface area contributed by atoms with E-state index in [1.165, 1.54) is 11.1 Å². The van der Waals surface area contributed by atoms with Gasteiger partial charge in [0.15, 0.2) is 0 Å². The van der Waals surface area contributed by atoms with E-state index in [2.05, 4.69) is 45.2 Å². The van der Waals surface area contributed by atoms with E-state index in [1.54, 1.807) is 0 Å². The average Bonchev–Trinajstić information content (AvgIpc) is 2.98. The molecule has 0 saturated heterocycles. The minimum absolute atomic E-state index is 0.0109. The fourth-order valence-electron chi connectivity index (χ4n) is 2.01. The van der Waals surface area contributed by atoms with Gasteiger partial charge in [0.2, 0.25) is 7.11 Å². The molecule has 0 spiro atoms. The zero-order valence-electron chi connectivity index (χ0n) is 10.1. The SMILES string of the molecule is [CH2+]OCC(C)(C)c1cccc(C2(N)CC2)c1. The van der Waals surface area contributed by atoms with Crippen LogP contribution in [0.3, 0.4) is 0 Å². The molecule has 2 N–H and O–H groups in total. The molecule has 2 nitrogen and oxygen atoms in total. The smallest absolute Gasteiger partial charge is 0.213 e. The Morgan fingerprint density at radius 1 is 1.44 bits per heavy atom. The van der Waals surface area contributed by atoms with Crippen LogP contribution in [0.25, 0.3) is 0 Å². The van der Waals surface area contributed by atoms with Gasteiger partial charge in [0, 0.05) is 11.0 Å². The van der Waals surface area contributed by atoms with Crippen molar-refractivity contribution in [3.63, 3.8) is 0 Å². The van der Waals surface area contributed by atoms with E-state index >= 15 is 0 Å². The average molecular weight is 218 g/mol. The van der Waals surface area contributed by atoms with Gasteiger partial charge in [0.1, 0.15) is 6.61 Å². The van der Waals surface area contributed by atoms with Crippen molar-refractivity contribution in [3.05, 3.63) is 42.5 Å². The Kier molecular flexibility index (Phi) is 2.72. The van der Waals surface area contributed by atoms with E-state index in [0.29, 0.717) is 6.61 Å². The highest BCUT2D eigenvalue weighted by Gasteiger charge is 2.40. The molecule has 1 aliphatic carbocycles. The zero-order chi connectivity index (χ0) is 11.8. The molecule has 86 valence electrons. The Morgan fingerprint density at radius 3 is 2.69 bits per heavy atom. The van der Waals surface area contributed by atoms with Crippen molar-refractivity contribution in [2.45, 2.75) is 37.6 Å². The number of rotatable bonds is 4.